The van der Waals surface area contributed by atoms with Crippen LogP contribution >= 0.6 is 11.8 Å². The van der Waals surface area contributed by atoms with Crippen molar-refractivity contribution in [3.05, 3.63) is 18.3 Å². The van der Waals surface area contributed by atoms with Gasteiger partial charge in [-0.15, -0.1) is 0 Å². The van der Waals surface area contributed by atoms with Crippen LogP contribution in [0.15, 0.2) is 23.3 Å². The number of thioether (sulfide) groups is 1. The number of hydrogen-bond donors (Lipinski definition) is 1. The standard InChI is InChI=1S/C14H19N3OS/c1-2-18-12-6-5-11(9-15-12)16-13-17-14(10-19-13)7-3-4-8-14/h5-6,9H,2-4,7-8,10H2,1H3,(H,16,17). The molecule has 1 spiro atoms. The molecule has 1 aromatic rings. The van der Waals surface area contributed by atoms with Crippen molar-refractivity contribution in [3.8, 4) is 5.88 Å². The van der Waals surface area contributed by atoms with Gasteiger partial charge in [0.25, 0.3) is 0 Å². The molecule has 0 radical (unpaired) electrons. The third-order valence-corrected chi connectivity index (χ3v) is 4.78. The second kappa shape index (κ2) is 5.41. The Morgan fingerprint density at radius 2 is 2.21 bits per heavy atom. The van der Waals surface area contributed by atoms with E-state index in [2.05, 4.69) is 10.3 Å². The minimum atomic E-state index is 0.228. The summed E-state index contributed by atoms with van der Waals surface area (Å²) in [7, 11) is 0. The molecule has 4 nitrogen and oxygen atoms in total. The Hall–Kier alpha value is -1.23. The molecule has 3 rings (SSSR count). The van der Waals surface area contributed by atoms with Crippen molar-refractivity contribution in [1.82, 2.24) is 4.98 Å². The van der Waals surface area contributed by atoms with Crippen LogP contribution in [-0.4, -0.2) is 28.1 Å². The van der Waals surface area contributed by atoms with Crippen molar-refractivity contribution >= 4 is 22.6 Å². The van der Waals surface area contributed by atoms with Crippen LogP contribution in [-0.2, 0) is 0 Å². The van der Waals surface area contributed by atoms with Crippen molar-refractivity contribution in [1.29, 1.82) is 0 Å². The molecule has 0 amide bonds. The fourth-order valence-corrected chi connectivity index (χ4v) is 3.85. The van der Waals surface area contributed by atoms with E-state index in [9.17, 15) is 0 Å². The van der Waals surface area contributed by atoms with Gasteiger partial charge < -0.3 is 10.1 Å². The van der Waals surface area contributed by atoms with Gasteiger partial charge in [0.15, 0.2) is 5.17 Å². The van der Waals surface area contributed by atoms with E-state index in [1.54, 1.807) is 6.20 Å². The monoisotopic (exact) mass is 277 g/mol. The molecule has 1 N–H and O–H groups in total. The number of amidine groups is 1. The number of hydrogen-bond acceptors (Lipinski definition) is 5. The van der Waals surface area contributed by atoms with Gasteiger partial charge in [-0.3, -0.25) is 4.99 Å². The summed E-state index contributed by atoms with van der Waals surface area (Å²) in [5.74, 6) is 1.79. The number of nitrogens with one attached hydrogen (secondary N) is 1. The molecule has 0 unspecified atom stereocenters. The zero-order chi connectivity index (χ0) is 13.1. The molecule has 1 saturated carbocycles. The Morgan fingerprint density at radius 3 is 2.89 bits per heavy atom. The predicted octanol–water partition coefficient (Wildman–Crippen LogP) is 3.31. The van der Waals surface area contributed by atoms with E-state index in [4.69, 9.17) is 9.73 Å². The molecule has 2 aliphatic rings. The van der Waals surface area contributed by atoms with Gasteiger partial charge in [-0.1, -0.05) is 24.6 Å². The van der Waals surface area contributed by atoms with Gasteiger partial charge >= 0.3 is 0 Å². The van der Waals surface area contributed by atoms with Gasteiger partial charge in [0.05, 0.1) is 24.0 Å². The van der Waals surface area contributed by atoms with E-state index in [-0.39, 0.29) is 5.54 Å². The minimum absolute atomic E-state index is 0.228. The predicted molar refractivity (Wildman–Crippen MR) is 80.1 cm³/mol. The van der Waals surface area contributed by atoms with Crippen LogP contribution in [0.2, 0.25) is 0 Å². The molecule has 1 aliphatic carbocycles. The zero-order valence-corrected chi connectivity index (χ0v) is 12.0. The smallest absolute Gasteiger partial charge is 0.213 e. The summed E-state index contributed by atoms with van der Waals surface area (Å²) in [6, 6.07) is 3.87. The molecule has 0 atom stereocenters. The Labute approximate surface area is 118 Å². The normalized spacial score (nSPS) is 20.6. The Bertz CT molecular complexity index is 466. The highest BCUT2D eigenvalue weighted by Crippen LogP contribution is 2.41. The van der Waals surface area contributed by atoms with Gasteiger partial charge in [0.2, 0.25) is 5.88 Å². The fraction of sp³-hybridized carbons (Fsp3) is 0.571. The minimum Gasteiger partial charge on any atom is -0.478 e. The lowest BCUT2D eigenvalue weighted by atomic mass is 10.0. The molecule has 0 bridgehead atoms. The van der Waals surface area contributed by atoms with Gasteiger partial charge in [-0.25, -0.2) is 4.98 Å². The average Bonchev–Trinajstić information content (AvgIpc) is 3.03. The summed E-state index contributed by atoms with van der Waals surface area (Å²) in [5, 5.41) is 4.39. The van der Waals surface area contributed by atoms with Crippen LogP contribution in [0.25, 0.3) is 0 Å². The van der Waals surface area contributed by atoms with E-state index in [1.165, 1.54) is 25.7 Å². The first-order chi connectivity index (χ1) is 9.30. The average molecular weight is 277 g/mol. The summed E-state index contributed by atoms with van der Waals surface area (Å²) in [6.07, 6.45) is 6.93. The molecule has 0 saturated heterocycles. The SMILES string of the molecule is CCOc1ccc(NC2=NC3(CCCC3)CS2)cn1. The molecule has 2 heterocycles. The fourth-order valence-electron chi connectivity index (χ4n) is 2.65. The van der Waals surface area contributed by atoms with Crippen LogP contribution in [0.5, 0.6) is 5.88 Å². The first kappa shape index (κ1) is 12.8. The lowest BCUT2D eigenvalue weighted by Gasteiger charge is -2.16. The maximum atomic E-state index is 5.33. The van der Waals surface area contributed by atoms with E-state index in [1.807, 2.05) is 30.8 Å². The summed E-state index contributed by atoms with van der Waals surface area (Å²) >= 11 is 1.83. The molecule has 1 aliphatic heterocycles. The molecule has 5 heteroatoms. The topological polar surface area (TPSA) is 46.5 Å². The maximum absolute atomic E-state index is 5.33. The second-order valence-corrected chi connectivity index (χ2v) is 6.04. The molecular weight excluding hydrogens is 258 g/mol. The highest BCUT2D eigenvalue weighted by Gasteiger charge is 2.38. The van der Waals surface area contributed by atoms with E-state index in [0.29, 0.717) is 12.5 Å². The van der Waals surface area contributed by atoms with Crippen molar-refractivity contribution < 1.29 is 4.74 Å². The number of ether oxygens (including phenoxy) is 1. The number of nitrogens with zero attached hydrogens (tertiary/aromatic N) is 2. The highest BCUT2D eigenvalue weighted by molar-refractivity contribution is 8.14. The largest absolute Gasteiger partial charge is 0.478 e. The van der Waals surface area contributed by atoms with E-state index in [0.717, 1.165) is 16.6 Å². The lowest BCUT2D eigenvalue weighted by Crippen LogP contribution is -2.21. The van der Waals surface area contributed by atoms with Crippen molar-refractivity contribution in [3.63, 3.8) is 0 Å². The Balaban J connectivity index is 1.65. The van der Waals surface area contributed by atoms with E-state index < -0.39 is 0 Å². The first-order valence-electron chi connectivity index (χ1n) is 6.88. The first-order valence-corrected chi connectivity index (χ1v) is 7.87. The summed E-state index contributed by atoms with van der Waals surface area (Å²) in [6.45, 7) is 2.60. The van der Waals surface area contributed by atoms with Gasteiger partial charge in [0, 0.05) is 11.8 Å². The Kier molecular flexibility index (Phi) is 3.64. The summed E-state index contributed by atoms with van der Waals surface area (Å²) < 4.78 is 5.33. The zero-order valence-electron chi connectivity index (χ0n) is 11.2. The lowest BCUT2D eigenvalue weighted by molar-refractivity contribution is 0.327. The molecule has 0 aromatic carbocycles. The molecule has 1 aromatic heterocycles. The molecule has 102 valence electrons. The van der Waals surface area contributed by atoms with Crippen LogP contribution < -0.4 is 10.1 Å². The van der Waals surface area contributed by atoms with Gasteiger partial charge in [0.1, 0.15) is 0 Å². The maximum Gasteiger partial charge on any atom is 0.213 e. The number of anilines is 1. The number of aromatic nitrogens is 1. The third kappa shape index (κ3) is 2.86. The second-order valence-electron chi connectivity index (χ2n) is 5.08. The number of rotatable bonds is 3. The Morgan fingerprint density at radius 1 is 1.37 bits per heavy atom. The summed E-state index contributed by atoms with van der Waals surface area (Å²) in [5.41, 5.74) is 1.20. The van der Waals surface area contributed by atoms with Crippen molar-refractivity contribution in [2.75, 3.05) is 17.7 Å². The molecule has 1 fully saturated rings. The van der Waals surface area contributed by atoms with Gasteiger partial charge in [-0.05, 0) is 25.8 Å². The van der Waals surface area contributed by atoms with Crippen LogP contribution in [0.3, 0.4) is 0 Å². The quantitative estimate of drug-likeness (QED) is 0.920. The van der Waals surface area contributed by atoms with Gasteiger partial charge in [-0.2, -0.15) is 0 Å². The number of pyridine rings is 1. The van der Waals surface area contributed by atoms with Crippen LogP contribution in [0.4, 0.5) is 5.69 Å². The molecule has 19 heavy (non-hydrogen) atoms. The highest BCUT2D eigenvalue weighted by atomic mass is 32.2. The molecular formula is C14H19N3OS. The van der Waals surface area contributed by atoms with Crippen molar-refractivity contribution in [2.24, 2.45) is 4.99 Å². The van der Waals surface area contributed by atoms with Crippen LogP contribution in [0.1, 0.15) is 32.6 Å². The van der Waals surface area contributed by atoms with E-state index >= 15 is 0 Å². The summed E-state index contributed by atoms with van der Waals surface area (Å²) in [4.78, 5) is 9.13. The number of aliphatic imine (C=N–C) groups is 1. The van der Waals surface area contributed by atoms with Crippen LogP contribution in [0, 0.1) is 0 Å². The van der Waals surface area contributed by atoms with Crippen molar-refractivity contribution in [2.45, 2.75) is 38.1 Å². The third-order valence-electron chi connectivity index (χ3n) is 3.63.